The summed E-state index contributed by atoms with van der Waals surface area (Å²) < 4.78 is 6.13. The minimum absolute atomic E-state index is 0.118. The van der Waals surface area contributed by atoms with Crippen molar-refractivity contribution < 1.29 is 9.53 Å². The average Bonchev–Trinajstić information content (AvgIpc) is 3.14. The highest BCUT2D eigenvalue weighted by atomic mass is 16.5. The van der Waals surface area contributed by atoms with E-state index in [1.165, 1.54) is 26.2 Å². The second-order valence-corrected chi connectivity index (χ2v) is 7.70. The summed E-state index contributed by atoms with van der Waals surface area (Å²) in [5, 5.41) is 6.06. The number of hydrogen-bond acceptors (Lipinski definition) is 6. The molecule has 1 saturated carbocycles. The Morgan fingerprint density at radius 2 is 1.90 bits per heavy atom. The molecule has 0 spiro atoms. The number of anilines is 2. The Labute approximate surface area is 171 Å². The molecule has 0 radical (unpaired) electrons. The number of rotatable bonds is 7. The molecule has 29 heavy (non-hydrogen) atoms. The summed E-state index contributed by atoms with van der Waals surface area (Å²) >= 11 is 0. The zero-order valence-electron chi connectivity index (χ0n) is 16.7. The van der Waals surface area contributed by atoms with Crippen molar-refractivity contribution in [3.63, 3.8) is 0 Å². The first-order chi connectivity index (χ1) is 14.1. The molecule has 1 aliphatic heterocycles. The maximum Gasteiger partial charge on any atom is 0.222 e. The van der Waals surface area contributed by atoms with E-state index in [1.807, 2.05) is 36.7 Å². The summed E-state index contributed by atoms with van der Waals surface area (Å²) in [5.41, 5.74) is 2.48. The number of amides is 1. The lowest BCUT2D eigenvalue weighted by Gasteiger charge is -2.26. The maximum atomic E-state index is 11.1. The molecule has 1 atom stereocenters. The van der Waals surface area contributed by atoms with Crippen LogP contribution in [0.15, 0.2) is 43.2 Å². The normalized spacial score (nSPS) is 18.8. The molecule has 1 saturated heterocycles. The summed E-state index contributed by atoms with van der Waals surface area (Å²) in [6.45, 7) is 7.07. The number of benzene rings is 1. The molecule has 7 heteroatoms. The van der Waals surface area contributed by atoms with Gasteiger partial charge in [-0.25, -0.2) is 9.97 Å². The number of nitrogens with zero attached hydrogens (tertiary/aromatic N) is 3. The first-order valence-electron chi connectivity index (χ1n) is 10.1. The highest BCUT2D eigenvalue weighted by molar-refractivity contribution is 5.84. The Balaban J connectivity index is 1.29. The Kier molecular flexibility index (Phi) is 5.64. The van der Waals surface area contributed by atoms with Gasteiger partial charge in [0.05, 0.1) is 24.6 Å². The summed E-state index contributed by atoms with van der Waals surface area (Å²) in [7, 11) is 0. The summed E-state index contributed by atoms with van der Waals surface area (Å²) in [5.74, 6) is 1.40. The predicted octanol–water partition coefficient (Wildman–Crippen LogP) is 3.21. The van der Waals surface area contributed by atoms with Gasteiger partial charge in [-0.1, -0.05) is 6.58 Å². The molecule has 2 aromatic rings. The molecule has 1 aromatic heterocycles. The van der Waals surface area contributed by atoms with Gasteiger partial charge in [-0.15, -0.1) is 0 Å². The zero-order chi connectivity index (χ0) is 20.2. The van der Waals surface area contributed by atoms with Crippen molar-refractivity contribution >= 4 is 23.2 Å². The van der Waals surface area contributed by atoms with Crippen LogP contribution in [0, 0.1) is 0 Å². The lowest BCUT2D eigenvalue weighted by Crippen LogP contribution is -2.28. The van der Waals surface area contributed by atoms with Gasteiger partial charge in [0.15, 0.2) is 0 Å². The first kappa shape index (κ1) is 19.2. The van der Waals surface area contributed by atoms with Crippen LogP contribution < -0.4 is 20.3 Å². The van der Waals surface area contributed by atoms with E-state index in [0.29, 0.717) is 17.7 Å². The third-order valence-electron chi connectivity index (χ3n) is 5.42. The monoisotopic (exact) mass is 393 g/mol. The molecule has 0 bridgehead atoms. The second kappa shape index (κ2) is 8.51. The van der Waals surface area contributed by atoms with E-state index in [4.69, 9.17) is 4.74 Å². The van der Waals surface area contributed by atoms with Crippen LogP contribution in [0.4, 0.5) is 11.6 Å². The molecule has 1 aliphatic carbocycles. The van der Waals surface area contributed by atoms with E-state index in [0.717, 1.165) is 36.5 Å². The highest BCUT2D eigenvalue weighted by Gasteiger charge is 2.25. The fourth-order valence-electron chi connectivity index (χ4n) is 3.56. The van der Waals surface area contributed by atoms with Crippen LogP contribution in [-0.2, 0) is 4.79 Å². The van der Waals surface area contributed by atoms with Crippen molar-refractivity contribution in [2.24, 2.45) is 0 Å². The molecule has 1 aromatic carbocycles. The number of aromatic nitrogens is 2. The van der Waals surface area contributed by atoms with Crippen LogP contribution in [0.25, 0.3) is 5.70 Å². The van der Waals surface area contributed by atoms with Crippen LogP contribution >= 0.6 is 0 Å². The number of carbonyl (C=O) groups is 1. The Morgan fingerprint density at radius 1 is 1.17 bits per heavy atom. The Morgan fingerprint density at radius 3 is 2.52 bits per heavy atom. The van der Waals surface area contributed by atoms with Gasteiger partial charge in [0, 0.05) is 31.6 Å². The third kappa shape index (κ3) is 4.85. The quantitative estimate of drug-likeness (QED) is 0.752. The van der Waals surface area contributed by atoms with Crippen molar-refractivity contribution in [3.8, 4) is 5.75 Å². The average molecular weight is 393 g/mol. The molecule has 2 fully saturated rings. The van der Waals surface area contributed by atoms with Crippen LogP contribution in [0.2, 0.25) is 0 Å². The molecule has 1 unspecified atom stereocenters. The van der Waals surface area contributed by atoms with Gasteiger partial charge >= 0.3 is 0 Å². The standard InChI is InChI=1S/C22H27N5O2/c1-15(25-16(2)28)17-6-8-20(9-7-17)29-21-10-11-27(14-21)19-12-23-22(24-13-19)26-18-4-3-5-18/h6-9,12-13,18,21H,1,3-5,10-11,14H2,2H3,(H,25,28)(H,23,24,26). The minimum atomic E-state index is -0.128. The molecule has 152 valence electrons. The fourth-order valence-corrected chi connectivity index (χ4v) is 3.56. The van der Waals surface area contributed by atoms with Crippen LogP contribution in [0.5, 0.6) is 5.75 Å². The minimum Gasteiger partial charge on any atom is -0.489 e. The van der Waals surface area contributed by atoms with Gasteiger partial charge in [0.25, 0.3) is 0 Å². The molecule has 2 N–H and O–H groups in total. The third-order valence-corrected chi connectivity index (χ3v) is 5.42. The van der Waals surface area contributed by atoms with Gasteiger partial charge < -0.3 is 20.3 Å². The van der Waals surface area contributed by atoms with Gasteiger partial charge in [0.1, 0.15) is 11.9 Å². The maximum absolute atomic E-state index is 11.1. The summed E-state index contributed by atoms with van der Waals surface area (Å²) in [6.07, 6.45) is 8.54. The van der Waals surface area contributed by atoms with Crippen LogP contribution in [-0.4, -0.2) is 41.1 Å². The number of hydrogen-bond donors (Lipinski definition) is 2. The van der Waals surface area contributed by atoms with Gasteiger partial charge in [-0.3, -0.25) is 4.79 Å². The molecule has 2 aliphatic rings. The predicted molar refractivity (Wildman–Crippen MR) is 114 cm³/mol. The Bertz CT molecular complexity index is 862. The van der Waals surface area contributed by atoms with E-state index in [1.54, 1.807) is 0 Å². The first-order valence-corrected chi connectivity index (χ1v) is 10.1. The van der Waals surface area contributed by atoms with Gasteiger partial charge in [-0.2, -0.15) is 0 Å². The number of carbonyl (C=O) groups excluding carboxylic acids is 1. The lowest BCUT2D eigenvalue weighted by molar-refractivity contribution is -0.117. The topological polar surface area (TPSA) is 79.4 Å². The van der Waals surface area contributed by atoms with E-state index < -0.39 is 0 Å². The second-order valence-electron chi connectivity index (χ2n) is 7.70. The van der Waals surface area contributed by atoms with Crippen LogP contribution in [0.3, 0.4) is 0 Å². The Hall–Kier alpha value is -3.09. The number of ether oxygens (including phenoxy) is 1. The molecule has 7 nitrogen and oxygen atoms in total. The fraction of sp³-hybridized carbons (Fsp3) is 0.409. The smallest absolute Gasteiger partial charge is 0.222 e. The highest BCUT2D eigenvalue weighted by Crippen LogP contribution is 2.25. The molecule has 4 rings (SSSR count). The van der Waals surface area contributed by atoms with E-state index >= 15 is 0 Å². The summed E-state index contributed by atoms with van der Waals surface area (Å²) in [4.78, 5) is 22.3. The van der Waals surface area contributed by atoms with E-state index in [9.17, 15) is 4.79 Å². The lowest BCUT2D eigenvalue weighted by atomic mass is 9.93. The number of nitrogens with one attached hydrogen (secondary N) is 2. The van der Waals surface area contributed by atoms with Crippen molar-refractivity contribution in [3.05, 3.63) is 48.8 Å². The van der Waals surface area contributed by atoms with Crippen molar-refractivity contribution in [1.29, 1.82) is 0 Å². The van der Waals surface area contributed by atoms with E-state index in [-0.39, 0.29) is 12.0 Å². The molecular formula is C22H27N5O2. The zero-order valence-corrected chi connectivity index (χ0v) is 16.7. The van der Waals surface area contributed by atoms with E-state index in [2.05, 4.69) is 32.1 Å². The van der Waals surface area contributed by atoms with Crippen molar-refractivity contribution in [1.82, 2.24) is 15.3 Å². The largest absolute Gasteiger partial charge is 0.489 e. The summed E-state index contributed by atoms with van der Waals surface area (Å²) in [6, 6.07) is 8.17. The molecular weight excluding hydrogens is 366 g/mol. The SMILES string of the molecule is C=C(NC(C)=O)c1ccc(OC2CCN(c3cnc(NC4CCC4)nc3)C2)cc1. The van der Waals surface area contributed by atoms with Gasteiger partial charge in [-0.05, 0) is 49.1 Å². The van der Waals surface area contributed by atoms with Crippen LogP contribution in [0.1, 0.15) is 38.2 Å². The molecule has 1 amide bonds. The van der Waals surface area contributed by atoms with Crippen molar-refractivity contribution in [2.45, 2.75) is 44.8 Å². The van der Waals surface area contributed by atoms with Crippen molar-refractivity contribution in [2.75, 3.05) is 23.3 Å². The van der Waals surface area contributed by atoms with Gasteiger partial charge in [0.2, 0.25) is 11.9 Å². The molecule has 2 heterocycles.